The van der Waals surface area contributed by atoms with Crippen molar-refractivity contribution in [2.45, 2.75) is 6.42 Å². The first-order valence-electron chi connectivity index (χ1n) is 9.25. The predicted molar refractivity (Wildman–Crippen MR) is 117 cm³/mol. The highest BCUT2D eigenvalue weighted by atomic mass is 35.5. The Morgan fingerprint density at radius 3 is 2.94 bits per heavy atom. The van der Waals surface area contributed by atoms with E-state index in [0.717, 1.165) is 5.56 Å². The number of imidazole rings is 1. The van der Waals surface area contributed by atoms with E-state index in [0.29, 0.717) is 26.3 Å². The van der Waals surface area contributed by atoms with Crippen LogP contribution in [0, 0.1) is 11.3 Å². The van der Waals surface area contributed by atoms with Crippen LogP contribution in [0.1, 0.15) is 17.5 Å². The van der Waals surface area contributed by atoms with E-state index in [1.807, 2.05) is 6.07 Å². The summed E-state index contributed by atoms with van der Waals surface area (Å²) in [5, 5.41) is 19.2. The summed E-state index contributed by atoms with van der Waals surface area (Å²) in [6.45, 7) is -0.434. The van der Waals surface area contributed by atoms with Gasteiger partial charge in [0.1, 0.15) is 0 Å². The van der Waals surface area contributed by atoms with E-state index in [1.165, 1.54) is 21.8 Å². The van der Waals surface area contributed by atoms with Gasteiger partial charge in [0, 0.05) is 18.2 Å². The third-order valence-corrected chi connectivity index (χ3v) is 5.75. The van der Waals surface area contributed by atoms with Crippen molar-refractivity contribution in [1.29, 1.82) is 5.26 Å². The number of aromatic hydroxyl groups is 1. The number of nitriles is 1. The molecule has 0 aliphatic carbocycles. The fourth-order valence-electron chi connectivity index (χ4n) is 3.00. The average molecular weight is 456 g/mol. The van der Waals surface area contributed by atoms with Crippen molar-refractivity contribution in [3.8, 4) is 28.8 Å². The maximum absolute atomic E-state index is 12.8. The minimum atomic E-state index is -0.530. The molecule has 0 saturated heterocycles. The molecule has 0 atom stereocenters. The van der Waals surface area contributed by atoms with Crippen molar-refractivity contribution < 1.29 is 14.2 Å². The first kappa shape index (κ1) is 20.8. The first-order chi connectivity index (χ1) is 15.0. The molecule has 0 aliphatic rings. The summed E-state index contributed by atoms with van der Waals surface area (Å²) in [5.74, 6) is -0.106. The highest BCUT2D eigenvalue weighted by Gasteiger charge is 2.12. The van der Waals surface area contributed by atoms with Gasteiger partial charge in [-0.3, -0.25) is 13.6 Å². The second-order valence-corrected chi connectivity index (χ2v) is 8.04. The Bertz CT molecular complexity index is 1420. The molecule has 0 amide bonds. The molecule has 0 radical (unpaired) electrons. The Labute approximate surface area is 185 Å². The molecule has 31 heavy (non-hydrogen) atoms. The number of hydrogen-bond donors (Lipinski definition) is 1. The minimum Gasteiger partial charge on any atom is -0.503 e. The summed E-state index contributed by atoms with van der Waals surface area (Å²) in [5.41, 5.74) is 2.17. The Morgan fingerprint density at radius 2 is 2.19 bits per heavy atom. The average Bonchev–Trinajstić information content (AvgIpc) is 3.31. The Balaban J connectivity index is 1.72. The maximum Gasteiger partial charge on any atom is 0.274 e. The molecule has 9 heteroatoms. The first-order valence-corrected chi connectivity index (χ1v) is 10.4. The lowest BCUT2D eigenvalue weighted by Crippen LogP contribution is -2.22. The third-order valence-electron chi connectivity index (χ3n) is 4.48. The summed E-state index contributed by atoms with van der Waals surface area (Å²) in [7, 11) is 0. The fourth-order valence-corrected chi connectivity index (χ4v) is 4.17. The van der Waals surface area contributed by atoms with Crippen LogP contribution in [-0.4, -0.2) is 27.8 Å². The summed E-state index contributed by atoms with van der Waals surface area (Å²) in [6.07, 6.45) is 3.46. The summed E-state index contributed by atoms with van der Waals surface area (Å²) in [4.78, 5) is 17.9. The van der Waals surface area contributed by atoms with Crippen LogP contribution >= 0.6 is 22.9 Å². The number of alkyl halides is 1. The second kappa shape index (κ2) is 8.76. The molecule has 0 bridgehead atoms. The number of thiazole rings is 1. The van der Waals surface area contributed by atoms with Gasteiger partial charge in [0.2, 0.25) is 0 Å². The lowest BCUT2D eigenvalue weighted by Gasteiger charge is -2.09. The van der Waals surface area contributed by atoms with Crippen molar-refractivity contribution in [2.24, 2.45) is 0 Å². The zero-order chi connectivity index (χ0) is 22.0. The molecule has 4 rings (SSSR count). The molecule has 0 saturated carbocycles. The number of fused-ring (bicyclic) bond motifs is 1. The number of nitrogens with zero attached hydrogens (tertiary/aromatic N) is 3. The molecule has 0 spiro atoms. The largest absolute Gasteiger partial charge is 0.503 e. The molecule has 4 aromatic rings. The van der Waals surface area contributed by atoms with Crippen LogP contribution < -0.4 is 14.8 Å². The van der Waals surface area contributed by atoms with Crippen LogP contribution in [0.4, 0.5) is 4.39 Å². The highest BCUT2D eigenvalue weighted by molar-refractivity contribution is 7.15. The van der Waals surface area contributed by atoms with Gasteiger partial charge in [0.05, 0.1) is 40.2 Å². The van der Waals surface area contributed by atoms with Crippen LogP contribution in [-0.2, 0) is 0 Å². The Hall–Kier alpha value is -3.41. The van der Waals surface area contributed by atoms with Gasteiger partial charge in [0.15, 0.2) is 16.5 Å². The lowest BCUT2D eigenvalue weighted by atomic mass is 10.1. The van der Waals surface area contributed by atoms with E-state index in [1.54, 1.807) is 36.5 Å². The fraction of sp³-hybridized carbons (Fsp3) is 0.136. The summed E-state index contributed by atoms with van der Waals surface area (Å²) in [6, 6.07) is 12.1. The van der Waals surface area contributed by atoms with Gasteiger partial charge in [-0.15, -0.1) is 0 Å². The van der Waals surface area contributed by atoms with Gasteiger partial charge in [-0.05, 0) is 35.9 Å². The molecular weight excluding hydrogens is 441 g/mol. The zero-order valence-corrected chi connectivity index (χ0v) is 17.6. The maximum atomic E-state index is 12.8. The molecule has 156 valence electrons. The topological polar surface area (TPSA) is 87.6 Å². The van der Waals surface area contributed by atoms with Gasteiger partial charge in [-0.25, -0.2) is 4.98 Å². The van der Waals surface area contributed by atoms with Crippen LogP contribution in [0.25, 0.3) is 22.3 Å². The van der Waals surface area contributed by atoms with Crippen LogP contribution in [0.15, 0.2) is 47.4 Å². The molecule has 1 N–H and O–H groups in total. The van der Waals surface area contributed by atoms with E-state index in [-0.39, 0.29) is 35.1 Å². The summed E-state index contributed by atoms with van der Waals surface area (Å²) < 4.78 is 19.6. The predicted octanol–water partition coefficient (Wildman–Crippen LogP) is 3.94. The SMILES string of the molecule is N#Cc1cccc(-c2cn3c(=O)/c(=C/c4cc(Cl)c(O)c(OCCCF)c4)sc3n2)c1. The van der Waals surface area contributed by atoms with E-state index in [4.69, 9.17) is 21.6 Å². The van der Waals surface area contributed by atoms with E-state index >= 15 is 0 Å². The molecule has 0 unspecified atom stereocenters. The van der Waals surface area contributed by atoms with Gasteiger partial charge in [-0.2, -0.15) is 5.26 Å². The zero-order valence-electron chi connectivity index (χ0n) is 16.0. The molecule has 6 nitrogen and oxygen atoms in total. The van der Waals surface area contributed by atoms with Crippen molar-refractivity contribution in [3.63, 3.8) is 0 Å². The number of aromatic nitrogens is 2. The second-order valence-electron chi connectivity index (χ2n) is 6.63. The molecule has 0 fully saturated rings. The monoisotopic (exact) mass is 455 g/mol. The molecule has 2 heterocycles. The Kier molecular flexibility index (Phi) is 5.89. The highest BCUT2D eigenvalue weighted by Crippen LogP contribution is 2.35. The normalized spacial score (nSPS) is 11.7. The quantitative estimate of drug-likeness (QED) is 0.445. The van der Waals surface area contributed by atoms with E-state index in [2.05, 4.69) is 11.1 Å². The van der Waals surface area contributed by atoms with Crippen molar-refractivity contribution >= 4 is 34.0 Å². The van der Waals surface area contributed by atoms with Crippen LogP contribution in [0.3, 0.4) is 0 Å². The van der Waals surface area contributed by atoms with Gasteiger partial charge < -0.3 is 9.84 Å². The number of ether oxygens (including phenoxy) is 1. The number of hydrogen-bond acceptors (Lipinski definition) is 6. The third kappa shape index (κ3) is 4.24. The number of benzene rings is 2. The lowest BCUT2D eigenvalue weighted by molar-refractivity contribution is 0.277. The number of rotatable bonds is 6. The molecular formula is C22H15ClFN3O3S. The molecule has 0 aliphatic heterocycles. The minimum absolute atomic E-state index is 0.0671. The van der Waals surface area contributed by atoms with Gasteiger partial charge in [0.25, 0.3) is 5.56 Å². The number of phenols is 1. The molecule has 2 aromatic heterocycles. The van der Waals surface area contributed by atoms with E-state index < -0.39 is 6.67 Å². The van der Waals surface area contributed by atoms with E-state index in [9.17, 15) is 14.3 Å². The smallest absolute Gasteiger partial charge is 0.274 e. The molecule has 2 aromatic carbocycles. The van der Waals surface area contributed by atoms with Crippen LogP contribution in [0.5, 0.6) is 11.5 Å². The number of halogens is 2. The van der Waals surface area contributed by atoms with Gasteiger partial charge >= 0.3 is 0 Å². The van der Waals surface area contributed by atoms with Crippen molar-refractivity contribution in [2.75, 3.05) is 13.3 Å². The summed E-state index contributed by atoms with van der Waals surface area (Å²) >= 11 is 7.27. The Morgan fingerprint density at radius 1 is 1.35 bits per heavy atom. The van der Waals surface area contributed by atoms with Gasteiger partial charge in [-0.1, -0.05) is 35.1 Å². The van der Waals surface area contributed by atoms with Crippen LogP contribution in [0.2, 0.25) is 5.02 Å². The van der Waals surface area contributed by atoms with Crippen molar-refractivity contribution in [3.05, 3.63) is 73.6 Å². The van der Waals surface area contributed by atoms with Crippen molar-refractivity contribution in [1.82, 2.24) is 9.38 Å². The standard InChI is InChI=1S/C22H15ClFN3O3S/c23-16-8-14(9-18(20(16)28)30-6-2-5-24)10-19-21(29)27-12-17(26-22(27)31-19)15-4-1-3-13(7-15)11-25/h1,3-4,7-10,12,28H,2,5-6H2/b19-10-. The number of phenolic OH excluding ortho intramolecular Hbond substituents is 1.